The van der Waals surface area contributed by atoms with Crippen LogP contribution in [0.3, 0.4) is 0 Å². The first-order chi connectivity index (χ1) is 24.2. The lowest BCUT2D eigenvalue weighted by Gasteiger charge is -2.36. The summed E-state index contributed by atoms with van der Waals surface area (Å²) in [6, 6.07) is 7.50. The summed E-state index contributed by atoms with van der Waals surface area (Å²) in [4.78, 5) is 95.1. The van der Waals surface area contributed by atoms with E-state index in [2.05, 4.69) is 10.2 Å². The third-order valence-electron chi connectivity index (χ3n) is 9.35. The van der Waals surface area contributed by atoms with Gasteiger partial charge in [0.15, 0.2) is 0 Å². The van der Waals surface area contributed by atoms with Crippen molar-refractivity contribution in [3.63, 3.8) is 0 Å². The first-order valence-corrected chi connectivity index (χ1v) is 18.1. The van der Waals surface area contributed by atoms with E-state index in [-0.39, 0.29) is 83.1 Å². The molecule has 3 heterocycles. The summed E-state index contributed by atoms with van der Waals surface area (Å²) >= 11 is 7.23. The zero-order valence-corrected chi connectivity index (χ0v) is 29.9. The first kappa shape index (κ1) is 39.7. The SMILES string of the molecule is CN1CC[C@H](c2ccc(Cl)cc2)[C@H](C(=O)NCCSC2CC(=O)N(C(=O)CN3CCN(C(=O)O)CCN(C(=O)O)CCN(C(=O)O)CC3)C2=O)C1. The summed E-state index contributed by atoms with van der Waals surface area (Å²) in [5.74, 6) is -2.21. The second kappa shape index (κ2) is 18.4. The summed E-state index contributed by atoms with van der Waals surface area (Å²) < 4.78 is 0. The Morgan fingerprint density at radius 1 is 0.824 bits per heavy atom. The fourth-order valence-corrected chi connectivity index (χ4v) is 7.58. The summed E-state index contributed by atoms with van der Waals surface area (Å²) in [6.07, 6.45) is -3.30. The molecule has 7 amide bonds. The maximum absolute atomic E-state index is 13.3. The van der Waals surface area contributed by atoms with E-state index < -0.39 is 47.8 Å². The van der Waals surface area contributed by atoms with Crippen molar-refractivity contribution in [3.8, 4) is 0 Å². The average Bonchev–Trinajstić information content (AvgIpc) is 3.36. The number of likely N-dealkylation sites (tertiary alicyclic amines) is 2. The molecule has 4 N–H and O–H groups in total. The molecule has 0 spiro atoms. The van der Waals surface area contributed by atoms with Gasteiger partial charge in [0.1, 0.15) is 0 Å². The van der Waals surface area contributed by atoms with Crippen LogP contribution in [-0.2, 0) is 19.2 Å². The van der Waals surface area contributed by atoms with Gasteiger partial charge in [0.05, 0.1) is 17.7 Å². The van der Waals surface area contributed by atoms with Gasteiger partial charge in [-0.15, -0.1) is 11.8 Å². The van der Waals surface area contributed by atoms with E-state index >= 15 is 0 Å². The number of nitrogens with one attached hydrogen (secondary N) is 1. The lowest BCUT2D eigenvalue weighted by atomic mass is 9.80. The number of hydrogen-bond acceptors (Lipinski definition) is 10. The molecule has 1 unspecified atom stereocenters. The number of carboxylic acid groups (broad SMARTS) is 3. The van der Waals surface area contributed by atoms with Gasteiger partial charge in [-0.05, 0) is 43.6 Å². The molecule has 3 atom stereocenters. The van der Waals surface area contributed by atoms with E-state index in [0.29, 0.717) is 22.2 Å². The van der Waals surface area contributed by atoms with Gasteiger partial charge in [-0.1, -0.05) is 23.7 Å². The number of carbonyl (C=O) groups is 7. The fraction of sp³-hybridized carbons (Fsp3) is 0.594. The minimum Gasteiger partial charge on any atom is -0.465 e. The van der Waals surface area contributed by atoms with Crippen molar-refractivity contribution < 1.29 is 48.9 Å². The lowest BCUT2D eigenvalue weighted by molar-refractivity contribution is -0.150. The highest BCUT2D eigenvalue weighted by Crippen LogP contribution is 2.33. The number of nitrogens with zero attached hydrogens (tertiary/aromatic N) is 6. The molecule has 51 heavy (non-hydrogen) atoms. The predicted molar refractivity (Wildman–Crippen MR) is 186 cm³/mol. The van der Waals surface area contributed by atoms with Crippen molar-refractivity contribution in [2.24, 2.45) is 5.92 Å². The maximum atomic E-state index is 13.3. The first-order valence-electron chi connectivity index (χ1n) is 16.6. The van der Waals surface area contributed by atoms with Crippen molar-refractivity contribution in [2.75, 3.05) is 91.3 Å². The third kappa shape index (κ3) is 10.9. The Bertz CT molecular complexity index is 1440. The van der Waals surface area contributed by atoms with Gasteiger partial charge in [0.25, 0.3) is 0 Å². The Kier molecular flexibility index (Phi) is 14.3. The van der Waals surface area contributed by atoms with Crippen LogP contribution in [0.1, 0.15) is 24.3 Å². The molecule has 0 bridgehead atoms. The number of benzene rings is 1. The summed E-state index contributed by atoms with van der Waals surface area (Å²) in [6.45, 7) is 0.168. The zero-order chi connectivity index (χ0) is 37.2. The van der Waals surface area contributed by atoms with E-state index in [9.17, 15) is 48.9 Å². The predicted octanol–water partition coefficient (Wildman–Crippen LogP) is 1.13. The Morgan fingerprint density at radius 3 is 1.88 bits per heavy atom. The Labute approximate surface area is 304 Å². The molecule has 3 saturated heterocycles. The van der Waals surface area contributed by atoms with Gasteiger partial charge >= 0.3 is 18.3 Å². The number of thioether (sulfide) groups is 1. The summed E-state index contributed by atoms with van der Waals surface area (Å²) in [5.41, 5.74) is 1.04. The highest BCUT2D eigenvalue weighted by molar-refractivity contribution is 8.00. The summed E-state index contributed by atoms with van der Waals surface area (Å²) in [7, 11) is 1.97. The number of carbonyl (C=O) groups excluding carboxylic acids is 4. The topological polar surface area (TPSA) is 212 Å². The molecule has 0 saturated carbocycles. The van der Waals surface area contributed by atoms with E-state index in [1.807, 2.05) is 31.3 Å². The highest BCUT2D eigenvalue weighted by atomic mass is 35.5. The van der Waals surface area contributed by atoms with Crippen LogP contribution >= 0.6 is 23.4 Å². The minimum absolute atomic E-state index is 0.0257. The van der Waals surface area contributed by atoms with E-state index in [4.69, 9.17) is 11.6 Å². The van der Waals surface area contributed by atoms with Gasteiger partial charge in [-0.2, -0.15) is 0 Å². The monoisotopic (exact) mass is 753 g/mol. The number of hydrogen-bond donors (Lipinski definition) is 4. The van der Waals surface area contributed by atoms with Crippen molar-refractivity contribution in [2.45, 2.75) is 24.0 Å². The van der Waals surface area contributed by atoms with Crippen LogP contribution in [0.2, 0.25) is 5.02 Å². The second-order valence-corrected chi connectivity index (χ2v) is 14.5. The van der Waals surface area contributed by atoms with Crippen LogP contribution in [0.4, 0.5) is 14.4 Å². The number of rotatable bonds is 8. The molecular weight excluding hydrogens is 710 g/mol. The molecule has 0 aromatic heterocycles. The molecule has 3 fully saturated rings. The average molecular weight is 754 g/mol. The Morgan fingerprint density at radius 2 is 1.35 bits per heavy atom. The molecule has 4 rings (SSSR count). The largest absolute Gasteiger partial charge is 0.465 e. The molecule has 3 aliphatic heterocycles. The van der Waals surface area contributed by atoms with Gasteiger partial charge in [-0.3, -0.25) is 24.1 Å². The van der Waals surface area contributed by atoms with Crippen LogP contribution in [-0.4, -0.2) is 183 Å². The van der Waals surface area contributed by atoms with Gasteiger partial charge < -0.3 is 40.2 Å². The van der Waals surface area contributed by atoms with Crippen LogP contribution in [0.5, 0.6) is 0 Å². The molecule has 0 aliphatic carbocycles. The molecule has 280 valence electrons. The molecule has 1 aromatic carbocycles. The van der Waals surface area contributed by atoms with Crippen molar-refractivity contribution in [1.82, 2.24) is 34.7 Å². The minimum atomic E-state index is -1.31. The van der Waals surface area contributed by atoms with Crippen LogP contribution in [0.15, 0.2) is 24.3 Å². The smallest absolute Gasteiger partial charge is 0.407 e. The molecular formula is C32H44ClN7O10S. The number of amides is 7. The van der Waals surface area contributed by atoms with E-state index in [1.165, 1.54) is 16.7 Å². The van der Waals surface area contributed by atoms with E-state index in [1.54, 1.807) is 0 Å². The standard InChI is InChI=1S/C32H44ClN7O10S/c1-35-8-6-23(21-2-4-22(33)5-3-21)24(19-35)28(43)34-7-17-51-25-18-26(41)40(29(25)44)27(42)20-36-9-11-37(30(45)46)13-15-39(32(49)50)16-14-38(12-10-36)31(47)48/h2-5,23-25H,6-20H2,1H3,(H,34,43)(H,45,46)(H,47,48)(H,49,50)/t23-,24-,25?/m1/s1. The van der Waals surface area contributed by atoms with Crippen LogP contribution in [0, 0.1) is 5.92 Å². The van der Waals surface area contributed by atoms with Gasteiger partial charge in [0.2, 0.25) is 23.6 Å². The quantitative estimate of drug-likeness (QED) is 0.217. The van der Waals surface area contributed by atoms with Crippen LogP contribution < -0.4 is 5.32 Å². The third-order valence-corrected chi connectivity index (χ3v) is 10.8. The molecule has 3 aliphatic rings. The highest BCUT2D eigenvalue weighted by Gasteiger charge is 2.43. The molecule has 19 heteroatoms. The van der Waals surface area contributed by atoms with Crippen molar-refractivity contribution in [3.05, 3.63) is 34.9 Å². The van der Waals surface area contributed by atoms with Gasteiger partial charge in [-0.25, -0.2) is 19.3 Å². The maximum Gasteiger partial charge on any atom is 0.407 e. The number of imide groups is 3. The molecule has 0 radical (unpaired) electrons. The number of piperidine rings is 1. The second-order valence-electron chi connectivity index (χ2n) is 12.7. The van der Waals surface area contributed by atoms with Crippen LogP contribution in [0.25, 0.3) is 0 Å². The number of halogens is 1. The fourth-order valence-electron chi connectivity index (χ4n) is 6.44. The molecule has 17 nitrogen and oxygen atoms in total. The van der Waals surface area contributed by atoms with Crippen molar-refractivity contribution >= 4 is 65.3 Å². The van der Waals surface area contributed by atoms with Gasteiger partial charge in [0, 0.05) is 82.6 Å². The van der Waals surface area contributed by atoms with Crippen molar-refractivity contribution in [1.29, 1.82) is 0 Å². The Hall–Kier alpha value is -4.13. The lowest BCUT2D eigenvalue weighted by Crippen LogP contribution is -2.51. The Balaban J connectivity index is 1.31. The van der Waals surface area contributed by atoms with E-state index in [0.717, 1.165) is 33.2 Å². The molecule has 1 aromatic rings. The normalized spacial score (nSPS) is 23.1. The summed E-state index contributed by atoms with van der Waals surface area (Å²) in [5, 5.41) is 31.5. The zero-order valence-electron chi connectivity index (χ0n) is 28.3.